The van der Waals surface area contributed by atoms with Gasteiger partial charge in [0, 0.05) is 11.6 Å². The predicted molar refractivity (Wildman–Crippen MR) is 90.9 cm³/mol. The van der Waals surface area contributed by atoms with Crippen LogP contribution in [0.25, 0.3) is 10.9 Å². The number of anilines is 1. The molecule has 0 aliphatic heterocycles. The van der Waals surface area contributed by atoms with Gasteiger partial charge in [0.05, 0.1) is 26.8 Å². The number of fused-ring (bicyclic) bond motifs is 1. The lowest BCUT2D eigenvalue weighted by Crippen LogP contribution is -2.13. The molecule has 1 aromatic heterocycles. The van der Waals surface area contributed by atoms with Gasteiger partial charge in [0.2, 0.25) is 0 Å². The zero-order valence-corrected chi connectivity index (χ0v) is 13.2. The number of benzene rings is 2. The number of hydrogen-bond donors (Lipinski definition) is 1. The van der Waals surface area contributed by atoms with Crippen LogP contribution >= 0.6 is 23.2 Å². The Kier molecular flexibility index (Phi) is 4.01. The third kappa shape index (κ3) is 2.65. The molecule has 1 N–H and O–H groups in total. The van der Waals surface area contributed by atoms with E-state index in [4.69, 9.17) is 23.2 Å². The first-order valence-electron chi connectivity index (χ1n) is 6.67. The van der Waals surface area contributed by atoms with Crippen LogP contribution in [0.3, 0.4) is 0 Å². The van der Waals surface area contributed by atoms with E-state index in [9.17, 15) is 4.79 Å². The van der Waals surface area contributed by atoms with Crippen molar-refractivity contribution >= 4 is 45.7 Å². The molecular weight excluding hydrogens is 319 g/mol. The first-order valence-corrected chi connectivity index (χ1v) is 7.43. The second-order valence-corrected chi connectivity index (χ2v) is 5.69. The first-order chi connectivity index (χ1) is 10.6. The van der Waals surface area contributed by atoms with Gasteiger partial charge in [-0.25, -0.2) is 0 Å². The van der Waals surface area contributed by atoms with E-state index in [0.717, 1.165) is 16.5 Å². The van der Waals surface area contributed by atoms with Gasteiger partial charge in [0.1, 0.15) is 0 Å². The fourth-order valence-electron chi connectivity index (χ4n) is 2.31. The number of carbonyl (C=O) groups is 1. The highest BCUT2D eigenvalue weighted by Crippen LogP contribution is 2.28. The maximum atomic E-state index is 12.5. The molecule has 2 aromatic carbocycles. The van der Waals surface area contributed by atoms with Gasteiger partial charge in [-0.05, 0) is 36.8 Å². The van der Waals surface area contributed by atoms with E-state index in [2.05, 4.69) is 10.3 Å². The third-order valence-electron chi connectivity index (χ3n) is 3.43. The second kappa shape index (κ2) is 5.95. The van der Waals surface area contributed by atoms with Gasteiger partial charge in [-0.15, -0.1) is 0 Å². The molecule has 0 bridgehead atoms. The predicted octanol–water partition coefficient (Wildman–Crippen LogP) is 5.10. The van der Waals surface area contributed by atoms with Gasteiger partial charge >= 0.3 is 0 Å². The van der Waals surface area contributed by atoms with Crippen LogP contribution < -0.4 is 5.32 Å². The zero-order chi connectivity index (χ0) is 15.7. The van der Waals surface area contributed by atoms with Crippen molar-refractivity contribution in [2.45, 2.75) is 6.92 Å². The summed E-state index contributed by atoms with van der Waals surface area (Å²) in [7, 11) is 0. The molecule has 0 unspecified atom stereocenters. The minimum atomic E-state index is -0.355. The lowest BCUT2D eigenvalue weighted by molar-refractivity contribution is 0.102. The number of para-hydroxylation sites is 1. The minimum absolute atomic E-state index is 0.260. The molecule has 0 saturated carbocycles. The number of halogens is 2. The Morgan fingerprint density at radius 1 is 1.05 bits per heavy atom. The Morgan fingerprint density at radius 2 is 1.73 bits per heavy atom. The first kappa shape index (κ1) is 14.8. The van der Waals surface area contributed by atoms with Gasteiger partial charge in [-0.3, -0.25) is 9.78 Å². The Bertz CT molecular complexity index is 857. The lowest BCUT2D eigenvalue weighted by Gasteiger charge is -2.11. The van der Waals surface area contributed by atoms with Crippen molar-refractivity contribution in [3.05, 3.63) is 69.8 Å². The SMILES string of the molecule is Cc1ccnc2c(NC(=O)c3c(Cl)cccc3Cl)cccc12. The quantitative estimate of drug-likeness (QED) is 0.710. The summed E-state index contributed by atoms with van der Waals surface area (Å²) in [6.45, 7) is 2.00. The van der Waals surface area contributed by atoms with Crippen LogP contribution in [0, 0.1) is 6.92 Å². The Labute approximate surface area is 137 Å². The number of aromatic nitrogens is 1. The van der Waals surface area contributed by atoms with Crippen LogP contribution in [0.2, 0.25) is 10.0 Å². The van der Waals surface area contributed by atoms with Crippen molar-refractivity contribution in [3.63, 3.8) is 0 Å². The lowest BCUT2D eigenvalue weighted by atomic mass is 10.1. The number of aryl methyl sites for hydroxylation is 1. The molecule has 3 nitrogen and oxygen atoms in total. The summed E-state index contributed by atoms with van der Waals surface area (Å²) >= 11 is 12.1. The van der Waals surface area contributed by atoms with Gasteiger partial charge in [-0.2, -0.15) is 0 Å². The molecule has 0 atom stereocenters. The van der Waals surface area contributed by atoms with Gasteiger partial charge in [0.15, 0.2) is 0 Å². The van der Waals surface area contributed by atoms with E-state index in [1.54, 1.807) is 30.5 Å². The van der Waals surface area contributed by atoms with E-state index >= 15 is 0 Å². The van der Waals surface area contributed by atoms with Gasteiger partial charge in [0.25, 0.3) is 5.91 Å². The largest absolute Gasteiger partial charge is 0.320 e. The van der Waals surface area contributed by atoms with Crippen LogP contribution in [0.5, 0.6) is 0 Å². The average Bonchev–Trinajstić information content (AvgIpc) is 2.48. The van der Waals surface area contributed by atoms with Crippen molar-refractivity contribution in [2.75, 3.05) is 5.32 Å². The second-order valence-electron chi connectivity index (χ2n) is 4.88. The molecule has 0 aliphatic carbocycles. The number of rotatable bonds is 2. The molecule has 0 spiro atoms. The minimum Gasteiger partial charge on any atom is -0.320 e. The fourth-order valence-corrected chi connectivity index (χ4v) is 2.88. The van der Waals surface area contributed by atoms with E-state index in [0.29, 0.717) is 15.7 Å². The van der Waals surface area contributed by atoms with Crippen molar-refractivity contribution in [1.82, 2.24) is 4.98 Å². The highest BCUT2D eigenvalue weighted by molar-refractivity contribution is 6.40. The highest BCUT2D eigenvalue weighted by atomic mass is 35.5. The summed E-state index contributed by atoms with van der Waals surface area (Å²) in [5, 5.41) is 4.46. The van der Waals surface area contributed by atoms with Crippen LogP contribution in [-0.2, 0) is 0 Å². The Balaban J connectivity index is 2.04. The van der Waals surface area contributed by atoms with Crippen molar-refractivity contribution in [1.29, 1.82) is 0 Å². The average molecular weight is 331 g/mol. The van der Waals surface area contributed by atoms with Crippen molar-refractivity contribution in [3.8, 4) is 0 Å². The van der Waals surface area contributed by atoms with E-state index < -0.39 is 0 Å². The zero-order valence-electron chi connectivity index (χ0n) is 11.7. The Hall–Kier alpha value is -2.10. The number of amides is 1. The fraction of sp³-hybridized carbons (Fsp3) is 0.0588. The summed E-state index contributed by atoms with van der Waals surface area (Å²) in [5.74, 6) is -0.355. The molecule has 3 rings (SSSR count). The monoisotopic (exact) mass is 330 g/mol. The van der Waals surface area contributed by atoms with Gasteiger partial charge < -0.3 is 5.32 Å². The molecule has 110 valence electrons. The summed E-state index contributed by atoms with van der Waals surface area (Å²) in [6.07, 6.45) is 1.72. The molecule has 3 aromatic rings. The summed E-state index contributed by atoms with van der Waals surface area (Å²) in [5.41, 5.74) is 2.72. The number of pyridine rings is 1. The maximum Gasteiger partial charge on any atom is 0.258 e. The van der Waals surface area contributed by atoms with Crippen LogP contribution in [0.15, 0.2) is 48.7 Å². The molecule has 0 fully saturated rings. The molecule has 0 aliphatic rings. The highest BCUT2D eigenvalue weighted by Gasteiger charge is 2.16. The topological polar surface area (TPSA) is 42.0 Å². The van der Waals surface area contributed by atoms with E-state index in [-0.39, 0.29) is 11.5 Å². The standard InChI is InChI=1S/C17H12Cl2N2O/c1-10-8-9-20-16-11(10)4-2-7-14(16)21-17(22)15-12(18)5-3-6-13(15)19/h2-9H,1H3,(H,21,22). The number of hydrogen-bond acceptors (Lipinski definition) is 2. The molecule has 22 heavy (non-hydrogen) atoms. The number of nitrogens with zero attached hydrogens (tertiary/aromatic N) is 1. The number of nitrogens with one attached hydrogen (secondary N) is 1. The molecule has 1 amide bonds. The molecule has 0 saturated heterocycles. The van der Waals surface area contributed by atoms with Gasteiger partial charge in [-0.1, -0.05) is 41.4 Å². The summed E-state index contributed by atoms with van der Waals surface area (Å²) in [4.78, 5) is 16.8. The van der Waals surface area contributed by atoms with Crippen LogP contribution in [0.1, 0.15) is 15.9 Å². The smallest absolute Gasteiger partial charge is 0.258 e. The van der Waals surface area contributed by atoms with E-state index in [1.807, 2.05) is 25.1 Å². The molecular formula is C17H12Cl2N2O. The number of carbonyl (C=O) groups excluding carboxylic acids is 1. The van der Waals surface area contributed by atoms with Crippen molar-refractivity contribution in [2.24, 2.45) is 0 Å². The summed E-state index contributed by atoms with van der Waals surface area (Å²) < 4.78 is 0. The molecule has 0 radical (unpaired) electrons. The van der Waals surface area contributed by atoms with Crippen molar-refractivity contribution < 1.29 is 4.79 Å². The molecule has 1 heterocycles. The normalized spacial score (nSPS) is 10.7. The Morgan fingerprint density at radius 3 is 2.45 bits per heavy atom. The maximum absolute atomic E-state index is 12.5. The summed E-state index contributed by atoms with van der Waals surface area (Å²) in [6, 6.07) is 12.5. The molecule has 5 heteroatoms. The van der Waals surface area contributed by atoms with E-state index in [1.165, 1.54) is 0 Å². The van der Waals surface area contributed by atoms with Crippen LogP contribution in [-0.4, -0.2) is 10.9 Å². The van der Waals surface area contributed by atoms with Crippen LogP contribution in [0.4, 0.5) is 5.69 Å². The third-order valence-corrected chi connectivity index (χ3v) is 4.06.